The van der Waals surface area contributed by atoms with Crippen molar-refractivity contribution in [3.63, 3.8) is 0 Å². The maximum Gasteiger partial charge on any atom is 0.126 e. The van der Waals surface area contributed by atoms with Gasteiger partial charge in [0, 0.05) is 15.1 Å². The maximum atomic E-state index is 10.1. The van der Waals surface area contributed by atoms with Gasteiger partial charge in [0.1, 0.15) is 5.75 Å². The zero-order valence-electron chi connectivity index (χ0n) is 10.3. The van der Waals surface area contributed by atoms with Crippen LogP contribution in [0.15, 0.2) is 59.2 Å². The third kappa shape index (κ3) is 2.44. The van der Waals surface area contributed by atoms with Gasteiger partial charge in [0.15, 0.2) is 0 Å². The predicted molar refractivity (Wildman–Crippen MR) is 83.4 cm³/mol. The van der Waals surface area contributed by atoms with Gasteiger partial charge >= 0.3 is 0 Å². The van der Waals surface area contributed by atoms with E-state index in [1.54, 1.807) is 16.9 Å². The molecule has 1 aromatic heterocycles. The minimum atomic E-state index is 0.204. The lowest BCUT2D eigenvalue weighted by Gasteiger charge is -2.09. The van der Waals surface area contributed by atoms with Crippen LogP contribution in [0.2, 0.25) is 5.02 Å². The molecule has 0 saturated carbocycles. The van der Waals surface area contributed by atoms with Crippen molar-refractivity contribution in [2.45, 2.75) is 0 Å². The molecule has 0 aliphatic heterocycles. The molecule has 0 aliphatic carbocycles. The molecule has 0 amide bonds. The molecule has 0 bridgehead atoms. The van der Waals surface area contributed by atoms with E-state index in [0.29, 0.717) is 5.02 Å². The van der Waals surface area contributed by atoms with E-state index in [4.69, 9.17) is 11.6 Å². The summed E-state index contributed by atoms with van der Waals surface area (Å²) < 4.78 is 2.59. The number of benzene rings is 2. The van der Waals surface area contributed by atoms with E-state index < -0.39 is 0 Å². The minimum absolute atomic E-state index is 0.204. The molecule has 0 unspecified atom stereocenters. The van der Waals surface area contributed by atoms with Gasteiger partial charge in [-0.3, -0.25) is 0 Å². The Morgan fingerprint density at radius 3 is 2.50 bits per heavy atom. The van der Waals surface area contributed by atoms with E-state index in [2.05, 4.69) is 21.0 Å². The highest BCUT2D eigenvalue weighted by molar-refractivity contribution is 9.10. The molecule has 3 nitrogen and oxygen atoms in total. The van der Waals surface area contributed by atoms with Gasteiger partial charge in [-0.25, -0.2) is 4.68 Å². The van der Waals surface area contributed by atoms with Crippen molar-refractivity contribution in [1.82, 2.24) is 9.78 Å². The van der Waals surface area contributed by atoms with E-state index in [-0.39, 0.29) is 5.75 Å². The van der Waals surface area contributed by atoms with Crippen LogP contribution in [0.3, 0.4) is 0 Å². The first-order chi connectivity index (χ1) is 9.65. The second kappa shape index (κ2) is 5.31. The van der Waals surface area contributed by atoms with Gasteiger partial charge in [-0.05, 0) is 48.5 Å². The maximum absolute atomic E-state index is 10.1. The van der Waals surface area contributed by atoms with Gasteiger partial charge in [-0.2, -0.15) is 5.10 Å². The molecule has 3 aromatic rings. The number of hydrogen-bond donors (Lipinski definition) is 1. The zero-order valence-corrected chi connectivity index (χ0v) is 12.6. The molecule has 5 heteroatoms. The summed E-state index contributed by atoms with van der Waals surface area (Å²) in [6, 6.07) is 14.6. The Morgan fingerprint density at radius 1 is 1.05 bits per heavy atom. The smallest absolute Gasteiger partial charge is 0.126 e. The van der Waals surface area contributed by atoms with Crippen molar-refractivity contribution in [2.24, 2.45) is 0 Å². The summed E-state index contributed by atoms with van der Waals surface area (Å²) >= 11 is 9.23. The Hall–Kier alpha value is -1.78. The summed E-state index contributed by atoms with van der Waals surface area (Å²) in [7, 11) is 0. The highest BCUT2D eigenvalue weighted by atomic mass is 79.9. The number of rotatable bonds is 2. The summed E-state index contributed by atoms with van der Waals surface area (Å²) in [6.07, 6.45) is 1.70. The SMILES string of the molecule is Oc1cc(Br)ccc1-c1ccnn1-c1ccc(Cl)cc1. The van der Waals surface area contributed by atoms with E-state index in [9.17, 15) is 5.11 Å². The van der Waals surface area contributed by atoms with Gasteiger partial charge in [-0.1, -0.05) is 27.5 Å². The average molecular weight is 350 g/mol. The van der Waals surface area contributed by atoms with Crippen molar-refractivity contribution in [1.29, 1.82) is 0 Å². The molecule has 0 radical (unpaired) electrons. The summed E-state index contributed by atoms with van der Waals surface area (Å²) in [6.45, 7) is 0. The quantitative estimate of drug-likeness (QED) is 0.730. The molecule has 1 heterocycles. The molecule has 1 N–H and O–H groups in total. The molecule has 0 aliphatic rings. The Kier molecular flexibility index (Phi) is 3.51. The van der Waals surface area contributed by atoms with E-state index in [1.807, 2.05) is 42.5 Å². The number of halogens is 2. The number of phenolic OH excluding ortho intramolecular Hbond substituents is 1. The van der Waals surface area contributed by atoms with Gasteiger partial charge in [0.25, 0.3) is 0 Å². The third-order valence-electron chi connectivity index (χ3n) is 2.95. The fraction of sp³-hybridized carbons (Fsp3) is 0. The number of aromatic hydroxyl groups is 1. The van der Waals surface area contributed by atoms with Gasteiger partial charge < -0.3 is 5.11 Å². The van der Waals surface area contributed by atoms with Crippen LogP contribution in [0, 0.1) is 0 Å². The topological polar surface area (TPSA) is 38.1 Å². The Labute approximate surface area is 129 Å². The summed E-state index contributed by atoms with van der Waals surface area (Å²) in [5.41, 5.74) is 2.43. The number of nitrogens with zero attached hydrogens (tertiary/aromatic N) is 2. The van der Waals surface area contributed by atoms with Crippen LogP contribution in [-0.4, -0.2) is 14.9 Å². The molecular formula is C15H10BrClN2O. The average Bonchev–Trinajstić information content (AvgIpc) is 2.88. The number of phenols is 1. The molecular weight excluding hydrogens is 340 g/mol. The Balaban J connectivity index is 2.12. The normalized spacial score (nSPS) is 10.7. The minimum Gasteiger partial charge on any atom is -0.507 e. The molecule has 2 aromatic carbocycles. The molecule has 20 heavy (non-hydrogen) atoms. The van der Waals surface area contributed by atoms with Crippen LogP contribution in [-0.2, 0) is 0 Å². The van der Waals surface area contributed by atoms with Crippen LogP contribution in [0.25, 0.3) is 16.9 Å². The highest BCUT2D eigenvalue weighted by Gasteiger charge is 2.11. The van der Waals surface area contributed by atoms with Gasteiger partial charge in [0.2, 0.25) is 0 Å². The van der Waals surface area contributed by atoms with Crippen molar-refractivity contribution >= 4 is 27.5 Å². The van der Waals surface area contributed by atoms with Crippen LogP contribution >= 0.6 is 27.5 Å². The Morgan fingerprint density at radius 2 is 1.80 bits per heavy atom. The highest BCUT2D eigenvalue weighted by Crippen LogP contribution is 2.32. The van der Waals surface area contributed by atoms with Crippen molar-refractivity contribution in [3.05, 3.63) is 64.2 Å². The fourth-order valence-corrected chi connectivity index (χ4v) is 2.49. The molecule has 100 valence electrons. The van der Waals surface area contributed by atoms with Crippen LogP contribution in [0.1, 0.15) is 0 Å². The zero-order chi connectivity index (χ0) is 14.1. The number of aromatic nitrogens is 2. The molecule has 0 spiro atoms. The van der Waals surface area contributed by atoms with Crippen LogP contribution in [0.5, 0.6) is 5.75 Å². The lowest BCUT2D eigenvalue weighted by Crippen LogP contribution is -1.98. The second-order valence-electron chi connectivity index (χ2n) is 4.27. The van der Waals surface area contributed by atoms with E-state index in [1.165, 1.54) is 0 Å². The molecule has 3 rings (SSSR count). The van der Waals surface area contributed by atoms with Crippen LogP contribution in [0.4, 0.5) is 0 Å². The number of hydrogen-bond acceptors (Lipinski definition) is 2. The van der Waals surface area contributed by atoms with Crippen molar-refractivity contribution in [3.8, 4) is 22.7 Å². The van der Waals surface area contributed by atoms with E-state index in [0.717, 1.165) is 21.4 Å². The van der Waals surface area contributed by atoms with Gasteiger partial charge in [-0.15, -0.1) is 0 Å². The van der Waals surface area contributed by atoms with E-state index >= 15 is 0 Å². The first kappa shape index (κ1) is 13.2. The Bertz CT molecular complexity index is 753. The largest absolute Gasteiger partial charge is 0.507 e. The van der Waals surface area contributed by atoms with Gasteiger partial charge in [0.05, 0.1) is 17.6 Å². The van der Waals surface area contributed by atoms with Crippen molar-refractivity contribution < 1.29 is 5.11 Å². The van der Waals surface area contributed by atoms with Crippen molar-refractivity contribution in [2.75, 3.05) is 0 Å². The standard InChI is InChI=1S/C15H10BrClN2O/c16-10-1-6-13(15(20)9-10)14-7-8-18-19(14)12-4-2-11(17)3-5-12/h1-9,20H. The lowest BCUT2D eigenvalue weighted by atomic mass is 10.1. The van der Waals surface area contributed by atoms with Crippen LogP contribution < -0.4 is 0 Å². The summed E-state index contributed by atoms with van der Waals surface area (Å²) in [4.78, 5) is 0. The molecule has 0 fully saturated rings. The third-order valence-corrected chi connectivity index (χ3v) is 3.69. The predicted octanol–water partition coefficient (Wildman–Crippen LogP) is 4.66. The lowest BCUT2D eigenvalue weighted by molar-refractivity contribution is 0.476. The first-order valence-electron chi connectivity index (χ1n) is 5.94. The summed E-state index contributed by atoms with van der Waals surface area (Å²) in [5, 5.41) is 15.1. The first-order valence-corrected chi connectivity index (χ1v) is 7.11. The monoisotopic (exact) mass is 348 g/mol. The molecule has 0 saturated heterocycles. The molecule has 0 atom stereocenters. The summed E-state index contributed by atoms with van der Waals surface area (Å²) in [5.74, 6) is 0.204. The second-order valence-corrected chi connectivity index (χ2v) is 5.62. The fourth-order valence-electron chi connectivity index (χ4n) is 2.02.